The SMILES string of the molecule is Cc1nc(C(=O)N2CCC(=C3CC3)CC2)cs1. The first-order chi connectivity index (χ1) is 8.24. The standard InChI is InChI=1S/C13H16N2OS/c1-9-14-12(8-17-9)13(16)15-6-4-11(5-7-15)10-2-3-10/h8H,2-7H2,1H3. The zero-order valence-corrected chi connectivity index (χ0v) is 10.8. The molecule has 4 heteroatoms. The van der Waals surface area contributed by atoms with Crippen LogP contribution in [0.15, 0.2) is 16.5 Å². The number of carbonyl (C=O) groups is 1. The molecule has 1 aromatic heterocycles. The Balaban J connectivity index is 1.66. The number of aryl methyl sites for hydroxylation is 1. The predicted molar refractivity (Wildman–Crippen MR) is 68.2 cm³/mol. The maximum absolute atomic E-state index is 12.2. The van der Waals surface area contributed by atoms with Gasteiger partial charge in [0.2, 0.25) is 0 Å². The third-order valence-electron chi connectivity index (χ3n) is 3.49. The molecule has 17 heavy (non-hydrogen) atoms. The summed E-state index contributed by atoms with van der Waals surface area (Å²) in [5, 5.41) is 2.83. The van der Waals surface area contributed by atoms with Crippen LogP contribution in [0.5, 0.6) is 0 Å². The first-order valence-corrected chi connectivity index (χ1v) is 7.03. The summed E-state index contributed by atoms with van der Waals surface area (Å²) in [5.74, 6) is 0.106. The number of hydrogen-bond acceptors (Lipinski definition) is 3. The van der Waals surface area contributed by atoms with E-state index in [0.717, 1.165) is 30.9 Å². The summed E-state index contributed by atoms with van der Waals surface area (Å²) < 4.78 is 0. The average molecular weight is 248 g/mol. The first kappa shape index (κ1) is 11.0. The van der Waals surface area contributed by atoms with Crippen molar-refractivity contribution >= 4 is 17.2 Å². The van der Waals surface area contributed by atoms with Crippen LogP contribution in [-0.4, -0.2) is 28.9 Å². The summed E-state index contributed by atoms with van der Waals surface area (Å²) in [6.45, 7) is 3.68. The molecule has 3 rings (SSSR count). The molecule has 1 aliphatic carbocycles. The van der Waals surface area contributed by atoms with Crippen molar-refractivity contribution in [1.82, 2.24) is 9.88 Å². The van der Waals surface area contributed by atoms with Gasteiger partial charge >= 0.3 is 0 Å². The van der Waals surface area contributed by atoms with Crippen molar-refractivity contribution in [2.45, 2.75) is 32.6 Å². The normalized spacial score (nSPS) is 19.7. The molecule has 2 heterocycles. The Labute approximate surface area is 105 Å². The molecule has 90 valence electrons. The number of allylic oxidation sites excluding steroid dienone is 1. The molecule has 0 radical (unpaired) electrons. The smallest absolute Gasteiger partial charge is 0.273 e. The van der Waals surface area contributed by atoms with Gasteiger partial charge < -0.3 is 4.90 Å². The molecule has 0 bridgehead atoms. The van der Waals surface area contributed by atoms with E-state index in [0.29, 0.717) is 5.69 Å². The summed E-state index contributed by atoms with van der Waals surface area (Å²) in [4.78, 5) is 18.4. The Morgan fingerprint density at radius 3 is 2.41 bits per heavy atom. The lowest BCUT2D eigenvalue weighted by Crippen LogP contribution is -2.36. The fourth-order valence-electron chi connectivity index (χ4n) is 2.37. The first-order valence-electron chi connectivity index (χ1n) is 6.15. The minimum Gasteiger partial charge on any atom is -0.337 e. The molecule has 0 N–H and O–H groups in total. The van der Waals surface area contributed by atoms with E-state index in [1.165, 1.54) is 12.8 Å². The van der Waals surface area contributed by atoms with Crippen LogP contribution in [0.3, 0.4) is 0 Å². The van der Waals surface area contributed by atoms with Gasteiger partial charge in [0.15, 0.2) is 0 Å². The van der Waals surface area contributed by atoms with Crippen molar-refractivity contribution in [3.8, 4) is 0 Å². The molecule has 2 fully saturated rings. The third-order valence-corrected chi connectivity index (χ3v) is 4.27. The number of piperidine rings is 1. The predicted octanol–water partition coefficient (Wildman–Crippen LogP) is 2.78. The van der Waals surface area contributed by atoms with Crippen molar-refractivity contribution in [2.24, 2.45) is 0 Å². The van der Waals surface area contributed by atoms with Gasteiger partial charge in [0, 0.05) is 18.5 Å². The molecule has 0 unspecified atom stereocenters. The number of aromatic nitrogens is 1. The van der Waals surface area contributed by atoms with Gasteiger partial charge in [0.1, 0.15) is 5.69 Å². The maximum atomic E-state index is 12.2. The number of carbonyl (C=O) groups excluding carboxylic acids is 1. The minimum atomic E-state index is 0.106. The van der Waals surface area contributed by atoms with Gasteiger partial charge in [-0.25, -0.2) is 4.98 Å². The van der Waals surface area contributed by atoms with Crippen LogP contribution >= 0.6 is 11.3 Å². The van der Waals surface area contributed by atoms with Gasteiger partial charge in [-0.3, -0.25) is 4.79 Å². The minimum absolute atomic E-state index is 0.106. The van der Waals surface area contributed by atoms with Crippen molar-refractivity contribution < 1.29 is 4.79 Å². The molecule has 1 saturated carbocycles. The van der Waals surface area contributed by atoms with Gasteiger partial charge in [-0.1, -0.05) is 11.1 Å². The highest BCUT2D eigenvalue weighted by Gasteiger charge is 2.25. The summed E-state index contributed by atoms with van der Waals surface area (Å²) >= 11 is 1.54. The molecule has 1 amide bonds. The average Bonchev–Trinajstić information content (AvgIpc) is 3.11. The Kier molecular flexibility index (Phi) is 2.74. The molecule has 2 aliphatic rings. The van der Waals surface area contributed by atoms with Gasteiger partial charge in [0.05, 0.1) is 5.01 Å². The highest BCUT2D eigenvalue weighted by atomic mass is 32.1. The van der Waals surface area contributed by atoms with Crippen LogP contribution in [0, 0.1) is 6.92 Å². The molecule has 1 aliphatic heterocycles. The van der Waals surface area contributed by atoms with Gasteiger partial charge in [0.25, 0.3) is 5.91 Å². The lowest BCUT2D eigenvalue weighted by Gasteiger charge is -2.28. The lowest BCUT2D eigenvalue weighted by molar-refractivity contribution is 0.0738. The summed E-state index contributed by atoms with van der Waals surface area (Å²) in [5.41, 5.74) is 3.89. The molecule has 0 aromatic carbocycles. The molecule has 1 aromatic rings. The van der Waals surface area contributed by atoms with E-state index in [4.69, 9.17) is 0 Å². The molecule has 0 atom stereocenters. The highest BCUT2D eigenvalue weighted by Crippen LogP contribution is 2.36. The Morgan fingerprint density at radius 2 is 1.88 bits per heavy atom. The maximum Gasteiger partial charge on any atom is 0.273 e. The Morgan fingerprint density at radius 1 is 1.24 bits per heavy atom. The van der Waals surface area contributed by atoms with E-state index in [-0.39, 0.29) is 5.91 Å². The van der Waals surface area contributed by atoms with Crippen molar-refractivity contribution in [2.75, 3.05) is 13.1 Å². The molecular weight excluding hydrogens is 232 g/mol. The molecular formula is C13H16N2OS. The monoisotopic (exact) mass is 248 g/mol. The van der Waals surface area contributed by atoms with Crippen molar-refractivity contribution in [1.29, 1.82) is 0 Å². The van der Waals surface area contributed by atoms with Crippen LogP contribution in [0.1, 0.15) is 41.2 Å². The van der Waals surface area contributed by atoms with Gasteiger partial charge in [-0.05, 0) is 32.6 Å². The van der Waals surface area contributed by atoms with E-state index >= 15 is 0 Å². The fraction of sp³-hybridized carbons (Fsp3) is 0.538. The zero-order valence-electron chi connectivity index (χ0n) is 10.0. The Bertz CT molecular complexity index is 473. The van der Waals surface area contributed by atoms with Crippen molar-refractivity contribution in [3.63, 3.8) is 0 Å². The van der Waals surface area contributed by atoms with E-state index in [1.54, 1.807) is 22.5 Å². The van der Waals surface area contributed by atoms with E-state index in [9.17, 15) is 4.79 Å². The third kappa shape index (κ3) is 2.27. The lowest BCUT2D eigenvalue weighted by atomic mass is 10.0. The van der Waals surface area contributed by atoms with E-state index < -0.39 is 0 Å². The summed E-state index contributed by atoms with van der Waals surface area (Å²) in [7, 11) is 0. The van der Waals surface area contributed by atoms with E-state index in [2.05, 4.69) is 4.98 Å². The fourth-order valence-corrected chi connectivity index (χ4v) is 2.96. The molecule has 1 saturated heterocycles. The number of hydrogen-bond donors (Lipinski definition) is 0. The van der Waals surface area contributed by atoms with Crippen LogP contribution in [0.2, 0.25) is 0 Å². The van der Waals surface area contributed by atoms with Crippen LogP contribution in [-0.2, 0) is 0 Å². The van der Waals surface area contributed by atoms with Gasteiger partial charge in [-0.15, -0.1) is 11.3 Å². The molecule has 0 spiro atoms. The highest BCUT2D eigenvalue weighted by molar-refractivity contribution is 7.09. The van der Waals surface area contributed by atoms with Crippen molar-refractivity contribution in [3.05, 3.63) is 27.2 Å². The summed E-state index contributed by atoms with van der Waals surface area (Å²) in [6.07, 6.45) is 4.75. The largest absolute Gasteiger partial charge is 0.337 e. The quantitative estimate of drug-likeness (QED) is 0.716. The Hall–Kier alpha value is -1.16. The van der Waals surface area contributed by atoms with Crippen LogP contribution < -0.4 is 0 Å². The van der Waals surface area contributed by atoms with Gasteiger partial charge in [-0.2, -0.15) is 0 Å². The second kappa shape index (κ2) is 4.26. The number of nitrogens with zero attached hydrogens (tertiary/aromatic N) is 2. The van der Waals surface area contributed by atoms with Crippen LogP contribution in [0.4, 0.5) is 0 Å². The number of thiazole rings is 1. The second-order valence-electron chi connectivity index (χ2n) is 4.75. The number of likely N-dealkylation sites (tertiary alicyclic amines) is 1. The number of rotatable bonds is 1. The second-order valence-corrected chi connectivity index (χ2v) is 5.81. The summed E-state index contributed by atoms with van der Waals surface area (Å²) in [6, 6.07) is 0. The zero-order chi connectivity index (χ0) is 11.8. The molecule has 3 nitrogen and oxygen atoms in total. The van der Waals surface area contributed by atoms with Crippen LogP contribution in [0.25, 0.3) is 0 Å². The topological polar surface area (TPSA) is 33.2 Å². The van der Waals surface area contributed by atoms with E-state index in [1.807, 2.05) is 17.2 Å². The number of amides is 1.